The lowest BCUT2D eigenvalue weighted by atomic mass is 9.88. The maximum Gasteiger partial charge on any atom is 0.255 e. The van der Waals surface area contributed by atoms with E-state index in [0.29, 0.717) is 23.2 Å². The normalized spacial score (nSPS) is 24.8. The molecular weight excluding hydrogens is 356 g/mol. The van der Waals surface area contributed by atoms with Crippen LogP contribution in [0.25, 0.3) is 0 Å². The van der Waals surface area contributed by atoms with E-state index in [1.54, 1.807) is 11.8 Å². The largest absolute Gasteiger partial charge is 0.352 e. The van der Waals surface area contributed by atoms with Crippen molar-refractivity contribution in [3.8, 4) is 0 Å². The first-order valence-corrected chi connectivity index (χ1v) is 11.3. The highest BCUT2D eigenvalue weighted by Gasteiger charge is 2.45. The van der Waals surface area contributed by atoms with E-state index in [4.69, 9.17) is 0 Å². The van der Waals surface area contributed by atoms with Gasteiger partial charge in [-0.1, -0.05) is 51.3 Å². The molecule has 0 unspecified atom stereocenters. The number of benzene rings is 1. The van der Waals surface area contributed by atoms with Crippen molar-refractivity contribution in [1.29, 1.82) is 0 Å². The highest BCUT2D eigenvalue weighted by Crippen LogP contribution is 2.41. The molecule has 2 fully saturated rings. The molecule has 1 heterocycles. The van der Waals surface area contributed by atoms with Crippen LogP contribution in [0.5, 0.6) is 0 Å². The third kappa shape index (κ3) is 4.68. The zero-order valence-corrected chi connectivity index (χ0v) is 17.5. The molecule has 3 atom stereocenters. The van der Waals surface area contributed by atoms with Crippen LogP contribution in [-0.4, -0.2) is 39.9 Å². The maximum atomic E-state index is 13.4. The number of nitrogens with one attached hydrogen (secondary N) is 1. The Kier molecular flexibility index (Phi) is 6.85. The Morgan fingerprint density at radius 1 is 1.07 bits per heavy atom. The molecule has 1 N–H and O–H groups in total. The summed E-state index contributed by atoms with van der Waals surface area (Å²) in [7, 11) is 0. The van der Waals surface area contributed by atoms with Crippen molar-refractivity contribution in [3.63, 3.8) is 0 Å². The zero-order chi connectivity index (χ0) is 19.4. The van der Waals surface area contributed by atoms with E-state index in [1.165, 1.54) is 19.3 Å². The van der Waals surface area contributed by atoms with Gasteiger partial charge in [-0.3, -0.25) is 9.59 Å². The number of nitrogens with zero attached hydrogens (tertiary/aromatic N) is 1. The minimum absolute atomic E-state index is 0.00600. The third-order valence-corrected chi connectivity index (χ3v) is 7.48. The first kappa shape index (κ1) is 20.2. The van der Waals surface area contributed by atoms with Crippen LogP contribution in [0.3, 0.4) is 0 Å². The second kappa shape index (κ2) is 9.13. The van der Waals surface area contributed by atoms with Gasteiger partial charge < -0.3 is 10.2 Å². The van der Waals surface area contributed by atoms with Gasteiger partial charge in [0, 0.05) is 17.4 Å². The molecule has 0 aromatic heterocycles. The van der Waals surface area contributed by atoms with E-state index >= 15 is 0 Å². The number of amides is 2. The summed E-state index contributed by atoms with van der Waals surface area (Å²) in [6.07, 6.45) is 6.07. The first-order chi connectivity index (χ1) is 13.0. The van der Waals surface area contributed by atoms with Crippen molar-refractivity contribution in [3.05, 3.63) is 35.9 Å². The Labute approximate surface area is 167 Å². The molecule has 1 saturated carbocycles. The molecule has 0 spiro atoms. The minimum atomic E-state index is -0.379. The van der Waals surface area contributed by atoms with Gasteiger partial charge >= 0.3 is 0 Å². The zero-order valence-electron chi connectivity index (χ0n) is 16.7. The second-order valence-corrected chi connectivity index (χ2v) is 9.41. The lowest BCUT2D eigenvalue weighted by Gasteiger charge is -2.36. The summed E-state index contributed by atoms with van der Waals surface area (Å²) in [6, 6.07) is 9.14. The van der Waals surface area contributed by atoms with Gasteiger partial charge in [-0.05, 0) is 43.7 Å². The van der Waals surface area contributed by atoms with Crippen LogP contribution in [0.1, 0.15) is 63.2 Å². The van der Waals surface area contributed by atoms with E-state index in [-0.39, 0.29) is 29.3 Å². The highest BCUT2D eigenvalue weighted by molar-refractivity contribution is 8.00. The van der Waals surface area contributed by atoms with Crippen molar-refractivity contribution in [1.82, 2.24) is 10.2 Å². The lowest BCUT2D eigenvalue weighted by molar-refractivity contribution is -0.126. The summed E-state index contributed by atoms with van der Waals surface area (Å²) in [4.78, 5) is 28.3. The number of carbonyl (C=O) groups is 2. The fourth-order valence-electron chi connectivity index (χ4n) is 3.99. The average Bonchev–Trinajstić information content (AvgIpc) is 3.13. The Morgan fingerprint density at radius 3 is 2.37 bits per heavy atom. The maximum absolute atomic E-state index is 13.4. The van der Waals surface area contributed by atoms with Crippen LogP contribution in [0, 0.1) is 11.8 Å². The quantitative estimate of drug-likeness (QED) is 0.818. The molecule has 2 aliphatic rings. The summed E-state index contributed by atoms with van der Waals surface area (Å²) in [5, 5.41) is 3.25. The molecule has 5 heteroatoms. The van der Waals surface area contributed by atoms with Gasteiger partial charge in [-0.15, -0.1) is 11.8 Å². The summed E-state index contributed by atoms with van der Waals surface area (Å²) >= 11 is 1.80. The number of hydrogen-bond donors (Lipinski definition) is 1. The number of thioether (sulfide) groups is 1. The highest BCUT2D eigenvalue weighted by atomic mass is 32.2. The van der Waals surface area contributed by atoms with E-state index in [2.05, 4.69) is 19.2 Å². The van der Waals surface area contributed by atoms with Crippen LogP contribution in [-0.2, 0) is 4.79 Å². The summed E-state index contributed by atoms with van der Waals surface area (Å²) in [5.41, 5.74) is 0.676. The molecular formula is C22H32N2O2S. The fraction of sp³-hybridized carbons (Fsp3) is 0.636. The van der Waals surface area contributed by atoms with Crippen LogP contribution in [0.15, 0.2) is 30.3 Å². The van der Waals surface area contributed by atoms with Gasteiger partial charge in [0.25, 0.3) is 5.91 Å². The molecule has 4 nitrogen and oxygen atoms in total. The topological polar surface area (TPSA) is 49.4 Å². The third-order valence-electron chi connectivity index (χ3n) is 6.02. The standard InChI is InChI=1S/C22H32N2O2S/c1-15(2)16(3)23-20(25)19-14-27-22(18-12-8-5-9-13-18)24(19)21(26)17-10-6-4-7-11-17/h4,6-7,10-11,15-16,18-19,22H,5,8-9,12-14H2,1-3H3,(H,23,25)/t16-,19-,22-/m1/s1. The van der Waals surface area contributed by atoms with Crippen molar-refractivity contribution in [2.45, 2.75) is 70.3 Å². The monoisotopic (exact) mass is 388 g/mol. The molecule has 1 aliphatic heterocycles. The number of rotatable bonds is 5. The predicted molar refractivity (Wildman–Crippen MR) is 112 cm³/mol. The molecule has 2 amide bonds. The van der Waals surface area contributed by atoms with Crippen molar-refractivity contribution < 1.29 is 9.59 Å². The first-order valence-electron chi connectivity index (χ1n) is 10.3. The summed E-state index contributed by atoms with van der Waals surface area (Å²) < 4.78 is 0. The van der Waals surface area contributed by atoms with Gasteiger partial charge in [0.05, 0.1) is 5.37 Å². The molecule has 3 rings (SSSR count). The molecule has 27 heavy (non-hydrogen) atoms. The second-order valence-electron chi connectivity index (χ2n) is 8.26. The van der Waals surface area contributed by atoms with Gasteiger partial charge in [0.1, 0.15) is 6.04 Å². The molecule has 148 valence electrons. The van der Waals surface area contributed by atoms with Crippen LogP contribution in [0.4, 0.5) is 0 Å². The van der Waals surface area contributed by atoms with Crippen LogP contribution in [0.2, 0.25) is 0 Å². The molecule has 1 saturated heterocycles. The van der Waals surface area contributed by atoms with Crippen molar-refractivity contribution >= 4 is 23.6 Å². The number of carbonyl (C=O) groups excluding carboxylic acids is 2. The summed E-state index contributed by atoms with van der Waals surface area (Å²) in [5.74, 6) is 1.54. The van der Waals surface area contributed by atoms with Gasteiger partial charge in [-0.25, -0.2) is 0 Å². The van der Waals surface area contributed by atoms with Crippen molar-refractivity contribution in [2.24, 2.45) is 11.8 Å². The Balaban J connectivity index is 1.83. The predicted octanol–water partition coefficient (Wildman–Crippen LogP) is 4.31. The Morgan fingerprint density at radius 2 is 1.74 bits per heavy atom. The Hall–Kier alpha value is -1.49. The van der Waals surface area contributed by atoms with Gasteiger partial charge in [0.2, 0.25) is 5.91 Å². The average molecular weight is 389 g/mol. The molecule has 1 aromatic rings. The van der Waals surface area contributed by atoms with E-state index in [9.17, 15) is 9.59 Å². The lowest BCUT2D eigenvalue weighted by Crippen LogP contribution is -2.53. The van der Waals surface area contributed by atoms with Crippen molar-refractivity contribution in [2.75, 3.05) is 5.75 Å². The van der Waals surface area contributed by atoms with Gasteiger partial charge in [0.15, 0.2) is 0 Å². The van der Waals surface area contributed by atoms with E-state index in [0.717, 1.165) is 12.8 Å². The molecule has 1 aromatic carbocycles. The van der Waals surface area contributed by atoms with Crippen LogP contribution < -0.4 is 5.32 Å². The van der Waals surface area contributed by atoms with Gasteiger partial charge in [-0.2, -0.15) is 0 Å². The smallest absolute Gasteiger partial charge is 0.255 e. The Bertz CT molecular complexity index is 643. The van der Waals surface area contributed by atoms with Crippen LogP contribution >= 0.6 is 11.8 Å². The fourth-order valence-corrected chi connectivity index (χ4v) is 5.63. The SMILES string of the molecule is CC(C)[C@@H](C)NC(=O)[C@H]1CS[C@H](C2CCCCC2)N1C(=O)c1ccccc1. The summed E-state index contributed by atoms with van der Waals surface area (Å²) in [6.45, 7) is 6.24. The molecule has 0 bridgehead atoms. The molecule has 0 radical (unpaired) electrons. The van der Waals surface area contributed by atoms with E-state index < -0.39 is 0 Å². The number of hydrogen-bond acceptors (Lipinski definition) is 3. The van der Waals surface area contributed by atoms with E-state index in [1.807, 2.05) is 42.2 Å². The molecule has 1 aliphatic carbocycles. The minimum Gasteiger partial charge on any atom is -0.352 e.